The van der Waals surface area contributed by atoms with Crippen molar-refractivity contribution >= 4 is 27.5 Å². The van der Waals surface area contributed by atoms with E-state index in [1.165, 1.54) is 37.0 Å². The SMILES string of the molecule is Cc1nn(-c2ccccc2)c2sc(C(=O)N[C@H](C)[C@@H]3C[C@H]4CC[C@H]3C4)cc12. The van der Waals surface area contributed by atoms with Crippen LogP contribution >= 0.6 is 11.3 Å². The first-order valence-corrected chi connectivity index (χ1v) is 10.8. The number of fused-ring (bicyclic) bond motifs is 3. The molecule has 4 atom stereocenters. The zero-order valence-electron chi connectivity index (χ0n) is 15.8. The molecule has 2 aliphatic rings. The van der Waals surface area contributed by atoms with Crippen LogP contribution in [-0.2, 0) is 0 Å². The number of thiophene rings is 1. The number of carbonyl (C=O) groups is 1. The average Bonchev–Trinajstić information content (AvgIpc) is 3.44. The first kappa shape index (κ1) is 17.0. The Hall–Kier alpha value is -2.14. The van der Waals surface area contributed by atoms with Crippen LogP contribution in [0.3, 0.4) is 0 Å². The standard InChI is InChI=1S/C22H25N3OS/c1-13(18-11-15-8-9-16(18)10-15)23-21(26)20-12-19-14(2)24-25(22(19)27-20)17-6-4-3-5-7-17/h3-7,12-13,15-16,18H,8-11H2,1-2H3,(H,23,26)/t13-,15+,16+,18+/m1/s1. The number of hydrogen-bond donors (Lipinski definition) is 1. The third-order valence-corrected chi connectivity index (χ3v) is 7.67. The fourth-order valence-electron chi connectivity index (χ4n) is 5.19. The lowest BCUT2D eigenvalue weighted by Crippen LogP contribution is -2.39. The van der Waals surface area contributed by atoms with Crippen LogP contribution < -0.4 is 5.32 Å². The summed E-state index contributed by atoms with van der Waals surface area (Å²) >= 11 is 1.54. The van der Waals surface area contributed by atoms with E-state index in [0.29, 0.717) is 5.92 Å². The van der Waals surface area contributed by atoms with Gasteiger partial charge in [-0.05, 0) is 69.1 Å². The lowest BCUT2D eigenvalue weighted by molar-refractivity contribution is 0.0919. The third kappa shape index (κ3) is 2.89. The van der Waals surface area contributed by atoms with E-state index >= 15 is 0 Å². The molecule has 3 aromatic rings. The summed E-state index contributed by atoms with van der Waals surface area (Å²) in [5.41, 5.74) is 1.99. The molecule has 2 fully saturated rings. The second-order valence-corrected chi connectivity index (χ2v) is 9.29. The van der Waals surface area contributed by atoms with Gasteiger partial charge in [0.15, 0.2) is 0 Å². The molecule has 0 spiro atoms. The Labute approximate surface area is 163 Å². The van der Waals surface area contributed by atoms with Crippen molar-refractivity contribution in [2.24, 2.45) is 17.8 Å². The Balaban J connectivity index is 1.39. The van der Waals surface area contributed by atoms with Gasteiger partial charge in [-0.15, -0.1) is 11.3 Å². The van der Waals surface area contributed by atoms with Crippen LogP contribution in [0.15, 0.2) is 36.4 Å². The highest BCUT2D eigenvalue weighted by Crippen LogP contribution is 2.49. The van der Waals surface area contributed by atoms with E-state index in [4.69, 9.17) is 0 Å². The summed E-state index contributed by atoms with van der Waals surface area (Å²) in [5.74, 6) is 2.44. The van der Waals surface area contributed by atoms with E-state index in [1.54, 1.807) is 0 Å². The summed E-state index contributed by atoms with van der Waals surface area (Å²) in [6.45, 7) is 4.20. The maximum absolute atomic E-state index is 12.9. The lowest BCUT2D eigenvalue weighted by atomic mass is 9.84. The Morgan fingerprint density at radius 2 is 2.07 bits per heavy atom. The number of carbonyl (C=O) groups excluding carboxylic acids is 1. The fourth-order valence-corrected chi connectivity index (χ4v) is 6.28. The molecule has 2 saturated carbocycles. The number of aryl methyl sites for hydroxylation is 1. The van der Waals surface area contributed by atoms with E-state index in [2.05, 4.69) is 17.3 Å². The molecular formula is C22H25N3OS. The van der Waals surface area contributed by atoms with Crippen molar-refractivity contribution in [3.8, 4) is 5.69 Å². The average molecular weight is 380 g/mol. The van der Waals surface area contributed by atoms with E-state index < -0.39 is 0 Å². The number of nitrogens with zero attached hydrogens (tertiary/aromatic N) is 2. The van der Waals surface area contributed by atoms with Gasteiger partial charge < -0.3 is 5.32 Å². The fraction of sp³-hybridized carbons (Fsp3) is 0.455. The van der Waals surface area contributed by atoms with Crippen LogP contribution in [0, 0.1) is 24.7 Å². The molecule has 2 aliphatic carbocycles. The van der Waals surface area contributed by atoms with Gasteiger partial charge >= 0.3 is 0 Å². The largest absolute Gasteiger partial charge is 0.349 e. The lowest BCUT2D eigenvalue weighted by Gasteiger charge is -2.28. The highest BCUT2D eigenvalue weighted by atomic mass is 32.1. The normalized spacial score (nSPS) is 25.2. The number of rotatable bonds is 4. The van der Waals surface area contributed by atoms with Crippen molar-refractivity contribution in [2.75, 3.05) is 0 Å². The van der Waals surface area contributed by atoms with Gasteiger partial charge in [-0.2, -0.15) is 5.10 Å². The Kier molecular flexibility index (Phi) is 4.08. The first-order valence-electron chi connectivity index (χ1n) is 9.95. The molecule has 0 saturated heterocycles. The van der Waals surface area contributed by atoms with Gasteiger partial charge in [-0.1, -0.05) is 24.6 Å². The first-order chi connectivity index (χ1) is 13.1. The van der Waals surface area contributed by atoms with E-state index in [9.17, 15) is 4.79 Å². The highest BCUT2D eigenvalue weighted by Gasteiger charge is 2.42. The van der Waals surface area contributed by atoms with E-state index in [-0.39, 0.29) is 11.9 Å². The summed E-state index contributed by atoms with van der Waals surface area (Å²) in [6.07, 6.45) is 5.42. The van der Waals surface area contributed by atoms with Gasteiger partial charge in [0.25, 0.3) is 5.91 Å². The zero-order chi connectivity index (χ0) is 18.5. The quantitative estimate of drug-likeness (QED) is 0.697. The molecule has 0 radical (unpaired) electrons. The van der Waals surface area contributed by atoms with Gasteiger partial charge in [0, 0.05) is 11.4 Å². The number of hydrogen-bond acceptors (Lipinski definition) is 3. The molecule has 4 nitrogen and oxygen atoms in total. The second kappa shape index (κ2) is 6.48. The zero-order valence-corrected chi connectivity index (χ0v) is 16.6. The summed E-state index contributed by atoms with van der Waals surface area (Å²) in [6, 6.07) is 12.4. The number of benzene rings is 1. The molecule has 140 valence electrons. The maximum atomic E-state index is 12.9. The maximum Gasteiger partial charge on any atom is 0.261 e. The van der Waals surface area contributed by atoms with Crippen LogP contribution in [0.25, 0.3) is 15.9 Å². The minimum Gasteiger partial charge on any atom is -0.349 e. The predicted octanol–water partition coefficient (Wildman–Crippen LogP) is 4.95. The van der Waals surface area contributed by atoms with Crippen molar-refractivity contribution in [1.82, 2.24) is 15.1 Å². The van der Waals surface area contributed by atoms with Crippen LogP contribution in [0.4, 0.5) is 0 Å². The number of amides is 1. The number of aromatic nitrogens is 2. The Bertz CT molecular complexity index is 990. The third-order valence-electron chi connectivity index (χ3n) is 6.56. The van der Waals surface area contributed by atoms with Crippen LogP contribution in [0.1, 0.15) is 48.0 Å². The van der Waals surface area contributed by atoms with Gasteiger partial charge in [-0.3, -0.25) is 4.79 Å². The van der Waals surface area contributed by atoms with E-state index in [0.717, 1.165) is 38.3 Å². The van der Waals surface area contributed by atoms with Crippen molar-refractivity contribution in [2.45, 2.75) is 45.6 Å². The molecule has 2 bridgehead atoms. The monoisotopic (exact) mass is 379 g/mol. The van der Waals surface area contributed by atoms with Crippen molar-refractivity contribution in [1.29, 1.82) is 0 Å². The molecule has 2 heterocycles. The smallest absolute Gasteiger partial charge is 0.261 e. The van der Waals surface area contributed by atoms with Crippen LogP contribution in [-0.4, -0.2) is 21.7 Å². The van der Waals surface area contributed by atoms with Gasteiger partial charge in [0.1, 0.15) is 4.83 Å². The molecule has 1 amide bonds. The summed E-state index contributed by atoms with van der Waals surface area (Å²) in [4.78, 5) is 14.7. The summed E-state index contributed by atoms with van der Waals surface area (Å²) < 4.78 is 1.95. The molecule has 5 rings (SSSR count). The van der Waals surface area contributed by atoms with E-state index in [1.807, 2.05) is 48.0 Å². The molecule has 27 heavy (non-hydrogen) atoms. The molecule has 1 N–H and O–H groups in total. The number of para-hydroxylation sites is 1. The minimum absolute atomic E-state index is 0.0606. The number of nitrogens with one attached hydrogen (secondary N) is 1. The highest BCUT2D eigenvalue weighted by molar-refractivity contribution is 7.20. The molecule has 2 aromatic heterocycles. The molecule has 5 heteroatoms. The van der Waals surface area contributed by atoms with Gasteiger partial charge in [0.2, 0.25) is 0 Å². The Morgan fingerprint density at radius 3 is 2.78 bits per heavy atom. The molecule has 1 aromatic carbocycles. The molecule has 0 unspecified atom stereocenters. The molecule has 0 aliphatic heterocycles. The summed E-state index contributed by atoms with van der Waals surface area (Å²) in [7, 11) is 0. The van der Waals surface area contributed by atoms with Crippen molar-refractivity contribution < 1.29 is 4.79 Å². The molecular weight excluding hydrogens is 354 g/mol. The van der Waals surface area contributed by atoms with Crippen LogP contribution in [0.2, 0.25) is 0 Å². The second-order valence-electron chi connectivity index (χ2n) is 8.26. The summed E-state index contributed by atoms with van der Waals surface area (Å²) in [5, 5.41) is 9.03. The van der Waals surface area contributed by atoms with Crippen molar-refractivity contribution in [3.05, 3.63) is 47.0 Å². The Morgan fingerprint density at radius 1 is 1.26 bits per heavy atom. The van der Waals surface area contributed by atoms with Gasteiger partial charge in [-0.25, -0.2) is 4.68 Å². The van der Waals surface area contributed by atoms with Gasteiger partial charge in [0.05, 0.1) is 16.3 Å². The van der Waals surface area contributed by atoms with Crippen molar-refractivity contribution in [3.63, 3.8) is 0 Å². The topological polar surface area (TPSA) is 46.9 Å². The van der Waals surface area contributed by atoms with Crippen LogP contribution in [0.5, 0.6) is 0 Å². The predicted molar refractivity (Wildman–Crippen MR) is 110 cm³/mol. The minimum atomic E-state index is 0.0606.